The highest BCUT2D eigenvalue weighted by atomic mass is 32.2. The molecule has 0 atom stereocenters. The Morgan fingerprint density at radius 3 is 2.17 bits per heavy atom. The molecule has 1 amide bonds. The molecule has 0 heterocycles. The SMILES string of the molecule is N#CCCN(CCC#N)C(=O)c1cccc(S(=O)(=O)Nc2ccc(OCc3ccccc3)cc2)c1. The lowest BCUT2D eigenvalue weighted by Gasteiger charge is -2.20. The lowest BCUT2D eigenvalue weighted by Crippen LogP contribution is -2.33. The molecular weight excluding hydrogens is 464 g/mol. The summed E-state index contributed by atoms with van der Waals surface area (Å²) >= 11 is 0. The van der Waals surface area contributed by atoms with Crippen LogP contribution >= 0.6 is 0 Å². The summed E-state index contributed by atoms with van der Waals surface area (Å²) in [6, 6.07) is 25.8. The number of nitrogens with zero attached hydrogens (tertiary/aromatic N) is 3. The molecule has 35 heavy (non-hydrogen) atoms. The number of rotatable bonds is 11. The van der Waals surface area contributed by atoms with E-state index in [1.165, 1.54) is 29.2 Å². The van der Waals surface area contributed by atoms with Crippen molar-refractivity contribution in [2.45, 2.75) is 24.3 Å². The fourth-order valence-electron chi connectivity index (χ4n) is 3.24. The number of nitriles is 2. The molecule has 0 fully saturated rings. The molecule has 178 valence electrons. The van der Waals surface area contributed by atoms with Gasteiger partial charge in [-0.1, -0.05) is 36.4 Å². The summed E-state index contributed by atoms with van der Waals surface area (Å²) in [6.45, 7) is 0.711. The van der Waals surface area contributed by atoms with Gasteiger partial charge < -0.3 is 9.64 Å². The Morgan fingerprint density at radius 1 is 0.886 bits per heavy atom. The van der Waals surface area contributed by atoms with Gasteiger partial charge >= 0.3 is 0 Å². The standard InChI is InChI=1S/C26H24N4O4S/c27-15-5-17-30(18-6-16-28)26(31)22-9-4-10-25(19-22)35(32,33)29-23-11-13-24(14-12-23)34-20-21-7-2-1-3-8-21/h1-4,7-14,19,29H,5-6,17-18,20H2. The minimum atomic E-state index is -3.96. The molecule has 0 unspecified atom stereocenters. The minimum absolute atomic E-state index is 0.0757. The van der Waals surface area contributed by atoms with Gasteiger partial charge in [-0.2, -0.15) is 10.5 Å². The third-order valence-electron chi connectivity index (χ3n) is 5.02. The zero-order valence-corrected chi connectivity index (χ0v) is 19.7. The predicted octanol–water partition coefficient (Wildman–Crippen LogP) is 4.34. The molecule has 3 aromatic carbocycles. The maximum atomic E-state index is 12.9. The van der Waals surface area contributed by atoms with E-state index < -0.39 is 15.9 Å². The number of benzene rings is 3. The first-order chi connectivity index (χ1) is 16.9. The molecule has 3 rings (SSSR count). The molecule has 0 aliphatic rings. The maximum absolute atomic E-state index is 12.9. The molecule has 1 N–H and O–H groups in total. The van der Waals surface area contributed by atoms with Crippen LogP contribution in [-0.4, -0.2) is 32.3 Å². The van der Waals surface area contributed by atoms with E-state index in [0.717, 1.165) is 5.56 Å². The second-order valence-corrected chi connectivity index (χ2v) is 9.22. The highest BCUT2D eigenvalue weighted by molar-refractivity contribution is 7.92. The fraction of sp³-hybridized carbons (Fsp3) is 0.192. The van der Waals surface area contributed by atoms with Gasteiger partial charge in [-0.05, 0) is 48.0 Å². The number of nitrogens with one attached hydrogen (secondary N) is 1. The third kappa shape index (κ3) is 7.32. The third-order valence-corrected chi connectivity index (χ3v) is 6.40. The Bertz CT molecular complexity index is 1310. The first-order valence-electron chi connectivity index (χ1n) is 10.9. The van der Waals surface area contributed by atoms with Gasteiger partial charge in [0.25, 0.3) is 15.9 Å². The average molecular weight is 489 g/mol. The van der Waals surface area contributed by atoms with Crippen molar-refractivity contribution in [2.75, 3.05) is 17.8 Å². The second-order valence-electron chi connectivity index (χ2n) is 7.54. The summed E-state index contributed by atoms with van der Waals surface area (Å²) in [5.41, 5.74) is 1.53. The Balaban J connectivity index is 1.69. The number of hydrogen-bond donors (Lipinski definition) is 1. The van der Waals surface area contributed by atoms with E-state index in [4.69, 9.17) is 15.3 Å². The van der Waals surface area contributed by atoms with E-state index in [-0.39, 0.29) is 36.4 Å². The monoisotopic (exact) mass is 488 g/mol. The number of anilines is 1. The van der Waals surface area contributed by atoms with Crippen LogP contribution in [0, 0.1) is 22.7 Å². The van der Waals surface area contributed by atoms with E-state index in [1.807, 2.05) is 42.5 Å². The van der Waals surface area contributed by atoms with Gasteiger partial charge in [-0.25, -0.2) is 8.42 Å². The number of hydrogen-bond acceptors (Lipinski definition) is 6. The van der Waals surface area contributed by atoms with Crippen molar-refractivity contribution in [3.63, 3.8) is 0 Å². The summed E-state index contributed by atoms with van der Waals surface area (Å²) < 4.78 is 34.1. The molecule has 0 spiro atoms. The first-order valence-corrected chi connectivity index (χ1v) is 12.3. The van der Waals surface area contributed by atoms with Gasteiger partial charge in [0.2, 0.25) is 0 Å². The minimum Gasteiger partial charge on any atom is -0.489 e. The summed E-state index contributed by atoms with van der Waals surface area (Å²) in [6.07, 6.45) is 0.226. The van der Waals surface area contributed by atoms with Crippen molar-refractivity contribution in [3.05, 3.63) is 90.0 Å². The molecule has 0 bridgehead atoms. The molecular formula is C26H24N4O4S. The van der Waals surface area contributed by atoms with E-state index in [2.05, 4.69) is 4.72 Å². The zero-order valence-electron chi connectivity index (χ0n) is 18.9. The van der Waals surface area contributed by atoms with Gasteiger partial charge in [0.1, 0.15) is 12.4 Å². The Hall–Kier alpha value is -4.34. The largest absolute Gasteiger partial charge is 0.489 e. The van der Waals surface area contributed by atoms with E-state index in [1.54, 1.807) is 24.3 Å². The Kier molecular flexibility index (Phi) is 8.82. The summed E-state index contributed by atoms with van der Waals surface area (Å²) in [4.78, 5) is 14.2. The van der Waals surface area contributed by atoms with Crippen molar-refractivity contribution < 1.29 is 17.9 Å². The van der Waals surface area contributed by atoms with Crippen LogP contribution in [0.25, 0.3) is 0 Å². The van der Waals surface area contributed by atoms with Crippen LogP contribution in [-0.2, 0) is 16.6 Å². The number of amides is 1. The lowest BCUT2D eigenvalue weighted by molar-refractivity contribution is 0.0762. The smallest absolute Gasteiger partial charge is 0.261 e. The van der Waals surface area contributed by atoms with E-state index >= 15 is 0 Å². The van der Waals surface area contributed by atoms with Crippen molar-refractivity contribution in [1.29, 1.82) is 10.5 Å². The van der Waals surface area contributed by atoms with Crippen molar-refractivity contribution in [2.24, 2.45) is 0 Å². The maximum Gasteiger partial charge on any atom is 0.261 e. The quantitative estimate of drug-likeness (QED) is 0.428. The normalized spacial score (nSPS) is 10.6. The highest BCUT2D eigenvalue weighted by Gasteiger charge is 2.20. The Labute approximate surface area is 205 Å². The van der Waals surface area contributed by atoms with E-state index in [9.17, 15) is 13.2 Å². The molecule has 0 aromatic heterocycles. The first kappa shape index (κ1) is 25.3. The van der Waals surface area contributed by atoms with Crippen LogP contribution in [0.3, 0.4) is 0 Å². The Morgan fingerprint density at radius 2 is 1.54 bits per heavy atom. The van der Waals surface area contributed by atoms with Crippen molar-refractivity contribution >= 4 is 21.6 Å². The average Bonchev–Trinajstić information content (AvgIpc) is 2.88. The fourth-order valence-corrected chi connectivity index (χ4v) is 4.34. The summed E-state index contributed by atoms with van der Waals surface area (Å²) in [5.74, 6) is 0.159. The summed E-state index contributed by atoms with van der Waals surface area (Å²) in [7, 11) is -3.96. The molecule has 0 radical (unpaired) electrons. The van der Waals surface area contributed by atoms with Crippen LogP contribution in [0.15, 0.2) is 83.8 Å². The van der Waals surface area contributed by atoms with E-state index in [0.29, 0.717) is 18.0 Å². The van der Waals surface area contributed by atoms with Crippen LogP contribution in [0.2, 0.25) is 0 Å². The topological polar surface area (TPSA) is 123 Å². The lowest BCUT2D eigenvalue weighted by atomic mass is 10.2. The van der Waals surface area contributed by atoms with Crippen LogP contribution < -0.4 is 9.46 Å². The molecule has 0 saturated heterocycles. The van der Waals surface area contributed by atoms with Gasteiger partial charge in [0, 0.05) is 24.3 Å². The predicted molar refractivity (Wildman–Crippen MR) is 131 cm³/mol. The number of carbonyl (C=O) groups excluding carboxylic acids is 1. The molecule has 0 aliphatic heterocycles. The molecule has 8 nitrogen and oxygen atoms in total. The molecule has 3 aromatic rings. The molecule has 9 heteroatoms. The van der Waals surface area contributed by atoms with Crippen LogP contribution in [0.4, 0.5) is 5.69 Å². The van der Waals surface area contributed by atoms with Gasteiger partial charge in [-0.3, -0.25) is 9.52 Å². The number of ether oxygens (including phenoxy) is 1. The summed E-state index contributed by atoms with van der Waals surface area (Å²) in [5, 5.41) is 17.7. The molecule has 0 aliphatic carbocycles. The number of carbonyl (C=O) groups is 1. The van der Waals surface area contributed by atoms with Gasteiger partial charge in [0.15, 0.2) is 0 Å². The molecule has 0 saturated carbocycles. The van der Waals surface area contributed by atoms with Crippen molar-refractivity contribution in [3.8, 4) is 17.9 Å². The van der Waals surface area contributed by atoms with Crippen LogP contribution in [0.5, 0.6) is 5.75 Å². The van der Waals surface area contributed by atoms with Crippen LogP contribution in [0.1, 0.15) is 28.8 Å². The van der Waals surface area contributed by atoms with Gasteiger partial charge in [0.05, 0.1) is 29.9 Å². The zero-order chi connectivity index (χ0) is 25.1. The second kappa shape index (κ2) is 12.2. The number of sulfonamides is 1. The highest BCUT2D eigenvalue weighted by Crippen LogP contribution is 2.21. The van der Waals surface area contributed by atoms with Gasteiger partial charge in [-0.15, -0.1) is 0 Å². The van der Waals surface area contributed by atoms with Crippen molar-refractivity contribution in [1.82, 2.24) is 4.90 Å².